The zero-order valence-corrected chi connectivity index (χ0v) is 87.6. The van der Waals surface area contributed by atoms with Gasteiger partial charge in [-0.1, -0.05) is 188 Å². The zero-order valence-electron chi connectivity index (χ0n) is 87.6. The van der Waals surface area contributed by atoms with Crippen molar-refractivity contribution in [3.63, 3.8) is 0 Å². The normalized spacial score (nSPS) is 30.3. The highest BCUT2D eigenvalue weighted by atomic mass is 16.7. The summed E-state index contributed by atoms with van der Waals surface area (Å²) in [6.45, 7) is 12.1. The minimum Gasteiger partial charge on any atom is -0.459 e. The van der Waals surface area contributed by atoms with Crippen LogP contribution in [0.4, 0.5) is 38.4 Å². The molecule has 145 heavy (non-hydrogen) atoms. The monoisotopic (exact) mass is 2040 g/mol. The molecule has 0 bridgehead atoms. The predicted molar refractivity (Wildman–Crippen MR) is 543 cm³/mol. The number of nitrogens with zero attached hydrogens (tertiary/aromatic N) is 2. The molecule has 0 aliphatic heterocycles. The molecular weight excluding hydrogens is 1870 g/mol. The van der Waals surface area contributed by atoms with Gasteiger partial charge >= 0.3 is 60.7 Å². The van der Waals surface area contributed by atoms with Gasteiger partial charge in [0, 0.05) is 86.6 Å². The van der Waals surface area contributed by atoms with Crippen molar-refractivity contribution in [3.05, 3.63) is 25.3 Å². The molecule has 10 N–H and O–H groups in total. The quantitative estimate of drug-likeness (QED) is 0.00517. The summed E-state index contributed by atoms with van der Waals surface area (Å²) in [5, 5.41) is 30.1. The lowest BCUT2D eigenvalue weighted by atomic mass is 9.75. The van der Waals surface area contributed by atoms with E-state index in [1.807, 2.05) is 0 Å². The molecule has 0 spiro atoms. The number of rotatable bonds is 41. The van der Waals surface area contributed by atoms with Gasteiger partial charge in [0.25, 0.3) is 0 Å². The summed E-state index contributed by atoms with van der Waals surface area (Å²) in [6, 6.07) is 1.87. The number of hydrogen-bond acceptors (Lipinski definition) is 28. The zero-order chi connectivity index (χ0) is 104. The minimum atomic E-state index is -0.563. The summed E-state index contributed by atoms with van der Waals surface area (Å²) >= 11 is 0. The van der Waals surface area contributed by atoms with Gasteiger partial charge in [0.15, 0.2) is 13.6 Å². The Bertz CT molecular complexity index is 3970. The second kappa shape index (κ2) is 69.1. The van der Waals surface area contributed by atoms with Crippen LogP contribution >= 0.6 is 0 Å². The van der Waals surface area contributed by atoms with Crippen molar-refractivity contribution in [1.29, 1.82) is 0 Å². The van der Waals surface area contributed by atoms with E-state index in [9.17, 15) is 62.3 Å². The number of nitrogens with one attached hydrogen (secondary N) is 10. The van der Waals surface area contributed by atoms with Gasteiger partial charge in [-0.2, -0.15) is 0 Å². The van der Waals surface area contributed by atoms with Crippen molar-refractivity contribution in [2.75, 3.05) is 67.4 Å². The second-order valence-corrected chi connectivity index (χ2v) is 43.7. The number of isocyanates is 2. The van der Waals surface area contributed by atoms with E-state index in [1.54, 1.807) is 19.1 Å². The molecule has 0 saturated heterocycles. The van der Waals surface area contributed by atoms with Crippen LogP contribution in [0.2, 0.25) is 0 Å². The van der Waals surface area contributed by atoms with Gasteiger partial charge in [-0.15, -0.1) is 0 Å². The molecule has 12 rings (SSSR count). The van der Waals surface area contributed by atoms with E-state index >= 15 is 0 Å². The van der Waals surface area contributed by atoms with Crippen molar-refractivity contribution in [1.82, 2.24) is 53.2 Å². The van der Waals surface area contributed by atoms with Crippen LogP contribution < -0.4 is 53.2 Å². The minimum absolute atomic E-state index is 0.000323. The standard InChI is InChI=1S/C33H54N4O8.C30H49N3O8.C29H49N3O7.C16H26N2O2/c1-42-21-43-31(39)35-28-11-4-8-25(18-28)15-26-9-5-13-30(19-26)37-33(41)45-22-44-32(40)36-29-12-3-7-24(17-29)14-23-6-2-10-27(16-23)34-20-38;1-3-21-8-5-11-24(17-21)32-29(36)40-20-41-30(37)33-26-13-7-10-23(19-26)16-22-9-6-12-25(18-22)31-28(35)39-15-14-38-27(34)4-2;1-3-27(33)37-13-14-38-28(34)32-26-12-6-9-23(18-26)16-22-8-5-10-24(17-22)30-19-36-20-39-29(35)31-25-11-4-7-21(2)15-25;1-12(20)18-16-7-3-5-14(10-16)8-13-4-2-6-15(9-13)17-11-19/h23-30H,2-19,21-22H2,1H3,(H,35,39)(H,36,40)(H,37,41);4,21-26H,2-3,5-20H2,1H3,(H,31,35)(H,32,36)(H,33,37);3,21-26,30H,1,4-20H2,2H3,(H,31,35)(H,32,34);13-16H,2-10H2,1H3,(H,18,20). The first-order valence-electron chi connectivity index (χ1n) is 55.6. The summed E-state index contributed by atoms with van der Waals surface area (Å²) in [5.41, 5.74) is 0. The van der Waals surface area contributed by atoms with Gasteiger partial charge < -0.3 is 105 Å². The molecule has 0 aromatic heterocycles. The summed E-state index contributed by atoms with van der Waals surface area (Å²) in [5.74, 6) is 6.15. The van der Waals surface area contributed by atoms with E-state index in [2.05, 4.69) is 90.2 Å². The lowest BCUT2D eigenvalue weighted by Gasteiger charge is -2.35. The third-order valence-corrected chi connectivity index (χ3v) is 32.1. The van der Waals surface area contributed by atoms with E-state index in [4.69, 9.17) is 56.8 Å². The number of aliphatic imine (C=N–C) groups is 2. The fourth-order valence-corrected chi connectivity index (χ4v) is 25.5. The van der Waals surface area contributed by atoms with Crippen molar-refractivity contribution in [2.45, 2.75) is 440 Å². The van der Waals surface area contributed by atoms with Gasteiger partial charge in [0.1, 0.15) is 33.2 Å². The maximum Gasteiger partial charge on any atom is 0.410 e. The maximum absolute atomic E-state index is 12.5. The molecular formula is C108H178N12O25. The van der Waals surface area contributed by atoms with Crippen LogP contribution in [0, 0.1) is 71.0 Å². The fraction of sp³-hybridized carbons (Fsp3) is 0.843. The van der Waals surface area contributed by atoms with E-state index in [0.29, 0.717) is 83.9 Å². The molecule has 37 heteroatoms. The van der Waals surface area contributed by atoms with Crippen molar-refractivity contribution >= 4 is 78.8 Å². The van der Waals surface area contributed by atoms with Crippen LogP contribution in [0.5, 0.6) is 0 Å². The van der Waals surface area contributed by atoms with Gasteiger partial charge in [-0.3, -0.25) is 10.1 Å². The lowest BCUT2D eigenvalue weighted by Crippen LogP contribution is -2.41. The summed E-state index contributed by atoms with van der Waals surface area (Å²) in [4.78, 5) is 160. The Morgan fingerprint density at radius 3 is 0.821 bits per heavy atom. The van der Waals surface area contributed by atoms with E-state index in [0.717, 1.165) is 288 Å². The Balaban J connectivity index is 0.000000222. The van der Waals surface area contributed by atoms with E-state index in [1.165, 1.54) is 84.2 Å². The first kappa shape index (κ1) is 119. The molecule has 24 atom stereocenters. The Hall–Kier alpha value is -9.31. The van der Waals surface area contributed by atoms with Gasteiger partial charge in [-0.25, -0.2) is 67.5 Å². The molecule has 12 saturated carbocycles. The van der Waals surface area contributed by atoms with Gasteiger partial charge in [0.2, 0.25) is 31.7 Å². The molecule has 0 heterocycles. The molecule has 820 valence electrons. The Morgan fingerprint density at radius 1 is 0.290 bits per heavy atom. The number of alkyl carbamates (subject to hydrolysis) is 8. The predicted octanol–water partition coefficient (Wildman–Crippen LogP) is 19.1. The average Bonchev–Trinajstić information content (AvgIpc) is 0.871. The average molecular weight is 2040 g/mol. The number of carbonyl (C=O) groups is 11. The Labute approximate surface area is 860 Å². The van der Waals surface area contributed by atoms with Crippen LogP contribution in [0.1, 0.15) is 367 Å². The van der Waals surface area contributed by atoms with E-state index < -0.39 is 74.3 Å². The van der Waals surface area contributed by atoms with E-state index in [-0.39, 0.29) is 106 Å². The molecule has 0 aromatic rings. The molecule has 37 nitrogen and oxygen atoms in total. The first-order valence-corrected chi connectivity index (χ1v) is 55.6. The fourth-order valence-electron chi connectivity index (χ4n) is 25.5. The van der Waals surface area contributed by atoms with Crippen molar-refractivity contribution in [2.24, 2.45) is 81.0 Å². The maximum atomic E-state index is 12.5. The number of carbonyl (C=O) groups excluding carboxylic acids is 13. The molecule has 12 aliphatic rings. The molecule has 0 aromatic carbocycles. The highest BCUT2D eigenvalue weighted by molar-refractivity contribution is 5.81. The van der Waals surface area contributed by atoms with Crippen LogP contribution in [0.25, 0.3) is 0 Å². The highest BCUT2D eigenvalue weighted by Gasteiger charge is 2.38. The van der Waals surface area contributed by atoms with Crippen LogP contribution in [-0.2, 0) is 80.8 Å². The second-order valence-electron chi connectivity index (χ2n) is 43.7. The van der Waals surface area contributed by atoms with Crippen molar-refractivity contribution < 1.29 is 119 Å². The summed E-state index contributed by atoms with van der Waals surface area (Å²) in [6.07, 6.45) is 59.5. The summed E-state index contributed by atoms with van der Waals surface area (Å²) < 4.78 is 60.9. The van der Waals surface area contributed by atoms with Crippen LogP contribution in [-0.4, -0.2) is 219 Å². The Kier molecular flexibility index (Phi) is 56.8. The molecule has 12 fully saturated rings. The van der Waals surface area contributed by atoms with Crippen LogP contribution in [0.3, 0.4) is 0 Å². The number of ether oxygens (including phenoxy) is 12. The van der Waals surface area contributed by atoms with Crippen molar-refractivity contribution in [3.8, 4) is 0 Å². The van der Waals surface area contributed by atoms with Gasteiger partial charge in [0.05, 0.1) is 12.1 Å². The Morgan fingerprint density at radius 2 is 0.531 bits per heavy atom. The molecule has 24 unspecified atom stereocenters. The number of esters is 2. The molecule has 9 amide bonds. The highest BCUT2D eigenvalue weighted by Crippen LogP contribution is 2.43. The largest absolute Gasteiger partial charge is 0.459 e. The lowest BCUT2D eigenvalue weighted by molar-refractivity contribution is -0.139. The third-order valence-electron chi connectivity index (χ3n) is 32.1. The third kappa shape index (κ3) is 50.5. The number of hydrogen-bond donors (Lipinski definition) is 10. The van der Waals surface area contributed by atoms with Gasteiger partial charge in [-0.05, 0) is 257 Å². The topological polar surface area (TPSA) is 478 Å². The molecule has 0 radical (unpaired) electrons. The SMILES string of the molecule is C=CC(=O)OCCOC(=O)NC1CCCC(CC2CCCC(NC(=O)OCOC(=O)NC3CCCC(CC)C3)C2)C1.C=CC(=O)OCCOC(=O)NC1CCCC(CC2CCCC(NCOCOC(=O)NC3CCCC(C)C3)C2)C1.CC(=O)NC1CCCC(CC2CCCC(N=C=O)C2)C1.COCOC(=O)NC1CCCC(CC2CCCC(NC(=O)OCOC(=O)NC3CCCC(CC4CCCC(N=C=O)C4)C3)C2)C1. The van der Waals surface area contributed by atoms with Crippen LogP contribution in [0.15, 0.2) is 35.3 Å². The molecule has 12 aliphatic carbocycles. The number of amides is 9. The summed E-state index contributed by atoms with van der Waals surface area (Å²) in [7, 11) is 1.49. The number of methoxy groups -OCH3 is 1. The first-order chi connectivity index (χ1) is 70.3. The smallest absolute Gasteiger partial charge is 0.410 e.